The lowest BCUT2D eigenvalue weighted by Gasteiger charge is -2.21. The van der Waals surface area contributed by atoms with E-state index in [0.717, 1.165) is 12.5 Å². The van der Waals surface area contributed by atoms with Gasteiger partial charge in [-0.15, -0.1) is 0 Å². The molecule has 0 bridgehead atoms. The van der Waals surface area contributed by atoms with Gasteiger partial charge >= 0.3 is 6.18 Å². The molecule has 2 atom stereocenters. The van der Waals surface area contributed by atoms with E-state index >= 15 is 0 Å². The van der Waals surface area contributed by atoms with Crippen molar-refractivity contribution in [1.82, 2.24) is 4.90 Å². The van der Waals surface area contributed by atoms with Crippen molar-refractivity contribution in [2.24, 2.45) is 5.73 Å². The van der Waals surface area contributed by atoms with Crippen LogP contribution in [0.4, 0.5) is 13.2 Å². The number of rotatable bonds is 3. The van der Waals surface area contributed by atoms with E-state index in [0.29, 0.717) is 13.1 Å². The van der Waals surface area contributed by atoms with Crippen LogP contribution >= 0.6 is 0 Å². The van der Waals surface area contributed by atoms with Gasteiger partial charge in [-0.05, 0) is 24.0 Å². The summed E-state index contributed by atoms with van der Waals surface area (Å²) in [6.45, 7) is 2.73. The molecule has 0 aliphatic carbocycles. The fraction of sp³-hybridized carbons (Fsp3) is 0.533. The van der Waals surface area contributed by atoms with Crippen LogP contribution in [0.1, 0.15) is 36.8 Å². The van der Waals surface area contributed by atoms with Crippen LogP contribution in [-0.4, -0.2) is 29.9 Å². The molecule has 1 fully saturated rings. The Morgan fingerprint density at radius 1 is 1.43 bits per heavy atom. The zero-order valence-corrected chi connectivity index (χ0v) is 11.9. The SMILES string of the molecule is CC(CC(=O)N1CCC(N)C1)c1ccccc1C(F)(F)F. The molecule has 0 aromatic heterocycles. The van der Waals surface area contributed by atoms with Crippen LogP contribution in [0.2, 0.25) is 0 Å². The number of nitrogens with two attached hydrogens (primary N) is 1. The summed E-state index contributed by atoms with van der Waals surface area (Å²) in [5, 5.41) is 0. The summed E-state index contributed by atoms with van der Waals surface area (Å²) in [5.41, 5.74) is 5.25. The summed E-state index contributed by atoms with van der Waals surface area (Å²) in [6.07, 6.45) is -3.58. The number of nitrogens with zero attached hydrogens (tertiary/aromatic N) is 1. The number of carbonyl (C=O) groups excluding carboxylic acids is 1. The molecule has 1 aliphatic rings. The molecule has 116 valence electrons. The molecule has 1 aromatic rings. The molecule has 1 aromatic carbocycles. The van der Waals surface area contributed by atoms with Crippen molar-refractivity contribution in [3.05, 3.63) is 35.4 Å². The minimum Gasteiger partial charge on any atom is -0.341 e. The number of carbonyl (C=O) groups is 1. The number of likely N-dealkylation sites (tertiary alicyclic amines) is 1. The summed E-state index contributed by atoms with van der Waals surface area (Å²) < 4.78 is 39.0. The molecular weight excluding hydrogens is 281 g/mol. The van der Waals surface area contributed by atoms with Gasteiger partial charge in [0, 0.05) is 25.6 Å². The molecule has 0 radical (unpaired) electrons. The molecule has 1 aliphatic heterocycles. The molecule has 6 heteroatoms. The van der Waals surface area contributed by atoms with E-state index in [4.69, 9.17) is 5.73 Å². The van der Waals surface area contributed by atoms with Crippen molar-refractivity contribution >= 4 is 5.91 Å². The van der Waals surface area contributed by atoms with Crippen molar-refractivity contribution in [2.75, 3.05) is 13.1 Å². The highest BCUT2D eigenvalue weighted by molar-refractivity contribution is 5.77. The van der Waals surface area contributed by atoms with Crippen LogP contribution in [0, 0.1) is 0 Å². The van der Waals surface area contributed by atoms with Crippen LogP contribution in [0.25, 0.3) is 0 Å². The third-order valence-corrected chi connectivity index (χ3v) is 3.86. The van der Waals surface area contributed by atoms with E-state index in [1.54, 1.807) is 17.9 Å². The van der Waals surface area contributed by atoms with Gasteiger partial charge in [-0.25, -0.2) is 0 Å². The Balaban J connectivity index is 2.10. The van der Waals surface area contributed by atoms with E-state index in [-0.39, 0.29) is 23.9 Å². The molecule has 1 saturated heterocycles. The smallest absolute Gasteiger partial charge is 0.341 e. The van der Waals surface area contributed by atoms with E-state index in [2.05, 4.69) is 0 Å². The largest absolute Gasteiger partial charge is 0.416 e. The van der Waals surface area contributed by atoms with Crippen LogP contribution in [0.5, 0.6) is 0 Å². The predicted molar refractivity (Wildman–Crippen MR) is 73.6 cm³/mol. The highest BCUT2D eigenvalue weighted by Crippen LogP contribution is 2.36. The van der Waals surface area contributed by atoms with Crippen molar-refractivity contribution in [3.8, 4) is 0 Å². The minimum absolute atomic E-state index is 0.0216. The normalized spacial score (nSPS) is 20.6. The lowest BCUT2D eigenvalue weighted by molar-refractivity contribution is -0.139. The Kier molecular flexibility index (Phi) is 4.56. The Hall–Kier alpha value is -1.56. The molecule has 3 nitrogen and oxygen atoms in total. The fourth-order valence-electron chi connectivity index (χ4n) is 2.70. The number of amides is 1. The zero-order valence-electron chi connectivity index (χ0n) is 11.9. The second kappa shape index (κ2) is 6.05. The Morgan fingerprint density at radius 3 is 2.67 bits per heavy atom. The average Bonchev–Trinajstić information content (AvgIpc) is 2.84. The summed E-state index contributed by atoms with van der Waals surface area (Å²) in [6, 6.07) is 5.41. The van der Waals surface area contributed by atoms with E-state index in [1.165, 1.54) is 12.1 Å². The van der Waals surface area contributed by atoms with Crippen molar-refractivity contribution in [1.29, 1.82) is 0 Å². The monoisotopic (exact) mass is 300 g/mol. The molecule has 1 heterocycles. The molecule has 1 amide bonds. The Morgan fingerprint density at radius 2 is 2.10 bits per heavy atom. The molecule has 2 N–H and O–H groups in total. The minimum atomic E-state index is -4.40. The lowest BCUT2D eigenvalue weighted by atomic mass is 9.92. The summed E-state index contributed by atoms with van der Waals surface area (Å²) in [5.74, 6) is -0.612. The summed E-state index contributed by atoms with van der Waals surface area (Å²) in [7, 11) is 0. The first-order valence-corrected chi connectivity index (χ1v) is 6.98. The fourth-order valence-corrected chi connectivity index (χ4v) is 2.70. The highest BCUT2D eigenvalue weighted by atomic mass is 19.4. The third kappa shape index (κ3) is 3.75. The number of benzene rings is 1. The molecule has 21 heavy (non-hydrogen) atoms. The van der Waals surface area contributed by atoms with Crippen LogP contribution in [-0.2, 0) is 11.0 Å². The van der Waals surface area contributed by atoms with Gasteiger partial charge in [0.1, 0.15) is 0 Å². The number of hydrogen-bond acceptors (Lipinski definition) is 2. The van der Waals surface area contributed by atoms with Crippen molar-refractivity contribution in [3.63, 3.8) is 0 Å². The molecular formula is C15H19F3N2O. The van der Waals surface area contributed by atoms with Gasteiger partial charge in [0.2, 0.25) is 5.91 Å². The summed E-state index contributed by atoms with van der Waals surface area (Å²) in [4.78, 5) is 13.8. The standard InChI is InChI=1S/C15H19F3N2O/c1-10(8-14(21)20-7-6-11(19)9-20)12-4-2-3-5-13(12)15(16,17)18/h2-5,10-11H,6-9,19H2,1H3. The zero-order chi connectivity index (χ0) is 15.6. The summed E-state index contributed by atoms with van der Waals surface area (Å²) >= 11 is 0. The van der Waals surface area contributed by atoms with Gasteiger partial charge in [0.15, 0.2) is 0 Å². The highest BCUT2D eigenvalue weighted by Gasteiger charge is 2.35. The number of halogens is 3. The first-order valence-electron chi connectivity index (χ1n) is 6.98. The van der Waals surface area contributed by atoms with Crippen LogP contribution < -0.4 is 5.73 Å². The Labute approximate surface area is 121 Å². The van der Waals surface area contributed by atoms with Gasteiger partial charge in [0.25, 0.3) is 0 Å². The quantitative estimate of drug-likeness (QED) is 0.933. The van der Waals surface area contributed by atoms with Gasteiger partial charge in [-0.3, -0.25) is 4.79 Å². The molecule has 0 saturated carbocycles. The van der Waals surface area contributed by atoms with Crippen molar-refractivity contribution in [2.45, 2.75) is 37.9 Å². The van der Waals surface area contributed by atoms with Crippen LogP contribution in [0.15, 0.2) is 24.3 Å². The van der Waals surface area contributed by atoms with E-state index in [9.17, 15) is 18.0 Å². The van der Waals surface area contributed by atoms with Gasteiger partial charge in [-0.1, -0.05) is 25.1 Å². The lowest BCUT2D eigenvalue weighted by Crippen LogP contribution is -2.32. The molecule has 0 spiro atoms. The third-order valence-electron chi connectivity index (χ3n) is 3.86. The average molecular weight is 300 g/mol. The van der Waals surface area contributed by atoms with E-state index in [1.807, 2.05) is 0 Å². The maximum Gasteiger partial charge on any atom is 0.416 e. The first-order chi connectivity index (χ1) is 9.79. The number of hydrogen-bond donors (Lipinski definition) is 1. The predicted octanol–water partition coefficient (Wildman–Crippen LogP) is 2.76. The first kappa shape index (κ1) is 15.8. The maximum absolute atomic E-state index is 13.0. The van der Waals surface area contributed by atoms with Gasteiger partial charge in [0.05, 0.1) is 5.56 Å². The second-order valence-electron chi connectivity index (χ2n) is 5.58. The Bertz CT molecular complexity index is 516. The molecule has 2 rings (SSSR count). The van der Waals surface area contributed by atoms with Crippen molar-refractivity contribution < 1.29 is 18.0 Å². The second-order valence-corrected chi connectivity index (χ2v) is 5.58. The van der Waals surface area contributed by atoms with Crippen LogP contribution in [0.3, 0.4) is 0 Å². The van der Waals surface area contributed by atoms with Gasteiger partial charge < -0.3 is 10.6 Å². The number of alkyl halides is 3. The topological polar surface area (TPSA) is 46.3 Å². The van der Waals surface area contributed by atoms with E-state index < -0.39 is 17.7 Å². The van der Waals surface area contributed by atoms with Gasteiger partial charge in [-0.2, -0.15) is 13.2 Å². The maximum atomic E-state index is 13.0. The molecule has 2 unspecified atom stereocenters.